The lowest BCUT2D eigenvalue weighted by molar-refractivity contribution is 0.657. The van der Waals surface area contributed by atoms with Crippen LogP contribution in [0.3, 0.4) is 0 Å². The Morgan fingerprint density at radius 2 is 1.61 bits per heavy atom. The highest BCUT2D eigenvalue weighted by Gasteiger charge is 2.15. The molecule has 0 amide bonds. The van der Waals surface area contributed by atoms with Crippen LogP contribution in [-0.2, 0) is 13.0 Å². The SMILES string of the molecule is O=c1c2nnc3c(-c4ccccc4)cnn3c2ncn1CCc1ccccc1. The van der Waals surface area contributed by atoms with Crippen molar-refractivity contribution in [3.05, 3.63) is 89.1 Å². The molecule has 3 aromatic heterocycles. The zero-order chi connectivity index (χ0) is 18.9. The van der Waals surface area contributed by atoms with Crippen molar-refractivity contribution in [2.45, 2.75) is 13.0 Å². The molecule has 0 aliphatic carbocycles. The lowest BCUT2D eigenvalue weighted by Gasteiger charge is -2.07. The number of hydrogen-bond donors (Lipinski definition) is 0. The Morgan fingerprint density at radius 1 is 0.857 bits per heavy atom. The minimum Gasteiger partial charge on any atom is -0.297 e. The number of hydrogen-bond acceptors (Lipinski definition) is 5. The summed E-state index contributed by atoms with van der Waals surface area (Å²) in [5.74, 6) is 0. The summed E-state index contributed by atoms with van der Waals surface area (Å²) in [4.78, 5) is 17.3. The quantitative estimate of drug-likeness (QED) is 0.487. The van der Waals surface area contributed by atoms with Crippen molar-refractivity contribution in [2.75, 3.05) is 0 Å². The maximum absolute atomic E-state index is 12.8. The maximum Gasteiger partial charge on any atom is 0.283 e. The summed E-state index contributed by atoms with van der Waals surface area (Å²) in [6.45, 7) is 0.528. The van der Waals surface area contributed by atoms with Crippen molar-refractivity contribution in [2.24, 2.45) is 0 Å². The molecule has 0 bridgehead atoms. The Morgan fingerprint density at radius 3 is 2.39 bits per heavy atom. The van der Waals surface area contributed by atoms with Gasteiger partial charge in [0.2, 0.25) is 0 Å². The first kappa shape index (κ1) is 16.3. The molecule has 0 spiro atoms. The zero-order valence-corrected chi connectivity index (χ0v) is 14.9. The third-order valence-electron chi connectivity index (χ3n) is 4.75. The van der Waals surface area contributed by atoms with Crippen LogP contribution in [0.4, 0.5) is 0 Å². The first-order valence-corrected chi connectivity index (χ1v) is 9.00. The van der Waals surface area contributed by atoms with Crippen molar-refractivity contribution < 1.29 is 0 Å². The number of rotatable bonds is 4. The highest BCUT2D eigenvalue weighted by atomic mass is 16.1. The van der Waals surface area contributed by atoms with Crippen molar-refractivity contribution in [1.29, 1.82) is 0 Å². The minimum atomic E-state index is -0.216. The molecule has 7 nitrogen and oxygen atoms in total. The van der Waals surface area contributed by atoms with Gasteiger partial charge in [-0.1, -0.05) is 60.7 Å². The Kier molecular flexibility index (Phi) is 3.90. The van der Waals surface area contributed by atoms with Crippen LogP contribution in [-0.4, -0.2) is 29.4 Å². The smallest absolute Gasteiger partial charge is 0.283 e. The van der Waals surface area contributed by atoms with E-state index in [-0.39, 0.29) is 11.1 Å². The molecule has 5 aromatic rings. The molecule has 0 N–H and O–H groups in total. The van der Waals surface area contributed by atoms with Gasteiger partial charge in [-0.15, -0.1) is 10.2 Å². The molecule has 7 heteroatoms. The van der Waals surface area contributed by atoms with Crippen molar-refractivity contribution in [1.82, 2.24) is 29.4 Å². The molecule has 0 aliphatic heterocycles. The number of aromatic nitrogens is 6. The Bertz CT molecular complexity index is 1330. The van der Waals surface area contributed by atoms with E-state index >= 15 is 0 Å². The van der Waals surface area contributed by atoms with Gasteiger partial charge in [0.1, 0.15) is 6.33 Å². The van der Waals surface area contributed by atoms with Crippen LogP contribution in [0.1, 0.15) is 5.56 Å². The van der Waals surface area contributed by atoms with E-state index in [2.05, 4.69) is 20.3 Å². The van der Waals surface area contributed by atoms with Crippen LogP contribution in [0.15, 0.2) is 78.0 Å². The van der Waals surface area contributed by atoms with Gasteiger partial charge in [-0.3, -0.25) is 9.36 Å². The average Bonchev–Trinajstić information content (AvgIpc) is 3.19. The van der Waals surface area contributed by atoms with E-state index in [4.69, 9.17) is 0 Å². The van der Waals surface area contributed by atoms with Gasteiger partial charge in [-0.05, 0) is 17.5 Å². The molecule has 0 saturated heterocycles. The first-order valence-electron chi connectivity index (χ1n) is 9.00. The third-order valence-corrected chi connectivity index (χ3v) is 4.75. The summed E-state index contributed by atoms with van der Waals surface area (Å²) >= 11 is 0. The molecule has 0 radical (unpaired) electrons. The lowest BCUT2D eigenvalue weighted by Crippen LogP contribution is -2.23. The molecule has 0 fully saturated rings. The second-order valence-electron chi connectivity index (χ2n) is 6.51. The van der Waals surface area contributed by atoms with E-state index in [1.54, 1.807) is 21.6 Å². The van der Waals surface area contributed by atoms with Crippen LogP contribution in [0.25, 0.3) is 27.9 Å². The summed E-state index contributed by atoms with van der Waals surface area (Å²) in [5, 5.41) is 12.8. The van der Waals surface area contributed by atoms with Gasteiger partial charge >= 0.3 is 0 Å². The predicted molar refractivity (Wildman–Crippen MR) is 106 cm³/mol. The number of fused-ring (bicyclic) bond motifs is 3. The molecule has 0 unspecified atom stereocenters. The molecule has 2 aromatic carbocycles. The fourth-order valence-electron chi connectivity index (χ4n) is 3.28. The number of nitrogens with zero attached hydrogens (tertiary/aromatic N) is 6. The summed E-state index contributed by atoms with van der Waals surface area (Å²) in [6, 6.07) is 19.9. The van der Waals surface area contributed by atoms with Gasteiger partial charge in [0.15, 0.2) is 16.8 Å². The lowest BCUT2D eigenvalue weighted by atomic mass is 10.1. The molecule has 0 aliphatic rings. The van der Waals surface area contributed by atoms with Crippen LogP contribution < -0.4 is 5.56 Å². The first-order chi connectivity index (χ1) is 13.8. The van der Waals surface area contributed by atoms with Gasteiger partial charge in [-0.25, -0.2) is 4.98 Å². The van der Waals surface area contributed by atoms with Crippen molar-refractivity contribution in [3.8, 4) is 11.1 Å². The summed E-state index contributed by atoms with van der Waals surface area (Å²) in [5.41, 5.74) is 3.99. The van der Waals surface area contributed by atoms with Crippen molar-refractivity contribution >= 4 is 16.8 Å². The molecule has 0 saturated carbocycles. The monoisotopic (exact) mass is 368 g/mol. The van der Waals surface area contributed by atoms with E-state index in [9.17, 15) is 4.79 Å². The largest absolute Gasteiger partial charge is 0.297 e. The standard InChI is InChI=1S/C21H16N6O/c28-21-18-20(22-14-26(21)12-11-15-7-3-1-4-8-15)27-19(25-24-18)17(13-23-27)16-9-5-2-6-10-16/h1-10,13-14H,11-12H2. The topological polar surface area (TPSA) is 78.0 Å². The van der Waals surface area contributed by atoms with Gasteiger partial charge in [-0.2, -0.15) is 9.61 Å². The van der Waals surface area contributed by atoms with Crippen LogP contribution in [0.2, 0.25) is 0 Å². The second kappa shape index (κ2) is 6.70. The third kappa shape index (κ3) is 2.73. The van der Waals surface area contributed by atoms with Crippen LogP contribution >= 0.6 is 0 Å². The second-order valence-corrected chi connectivity index (χ2v) is 6.51. The highest BCUT2D eigenvalue weighted by Crippen LogP contribution is 2.23. The summed E-state index contributed by atoms with van der Waals surface area (Å²) < 4.78 is 3.14. The van der Waals surface area contributed by atoms with Crippen molar-refractivity contribution in [3.63, 3.8) is 0 Å². The van der Waals surface area contributed by atoms with E-state index in [1.165, 1.54) is 0 Å². The fourth-order valence-corrected chi connectivity index (χ4v) is 3.28. The van der Waals surface area contributed by atoms with Gasteiger partial charge in [0.25, 0.3) is 5.56 Å². The van der Waals surface area contributed by atoms with Gasteiger partial charge in [0.05, 0.1) is 6.20 Å². The zero-order valence-electron chi connectivity index (χ0n) is 14.9. The predicted octanol–water partition coefficient (Wildman–Crippen LogP) is 2.74. The van der Waals surface area contributed by atoms with Crippen LogP contribution in [0, 0.1) is 0 Å². The highest BCUT2D eigenvalue weighted by molar-refractivity contribution is 5.80. The Hall–Kier alpha value is -3.87. The summed E-state index contributed by atoms with van der Waals surface area (Å²) in [6.07, 6.45) is 4.02. The average molecular weight is 368 g/mol. The van der Waals surface area contributed by atoms with E-state index in [1.807, 2.05) is 60.7 Å². The van der Waals surface area contributed by atoms with Gasteiger partial charge < -0.3 is 0 Å². The number of benzene rings is 2. The normalized spacial score (nSPS) is 11.3. The molecule has 5 rings (SSSR count). The van der Waals surface area contributed by atoms with Gasteiger partial charge in [0, 0.05) is 12.1 Å². The fraction of sp³-hybridized carbons (Fsp3) is 0.0952. The maximum atomic E-state index is 12.8. The molecular formula is C21H16N6O. The van der Waals surface area contributed by atoms with E-state index < -0.39 is 0 Å². The molecule has 3 heterocycles. The summed E-state index contributed by atoms with van der Waals surface area (Å²) in [7, 11) is 0. The molecule has 136 valence electrons. The molecular weight excluding hydrogens is 352 g/mol. The number of aryl methyl sites for hydroxylation is 2. The Labute approximate surface area is 159 Å². The molecule has 0 atom stereocenters. The minimum absolute atomic E-state index is 0.214. The van der Waals surface area contributed by atoms with E-state index in [0.29, 0.717) is 17.8 Å². The molecule has 28 heavy (non-hydrogen) atoms. The Balaban J connectivity index is 1.56. The van der Waals surface area contributed by atoms with Crippen LogP contribution in [0.5, 0.6) is 0 Å². The van der Waals surface area contributed by atoms with E-state index in [0.717, 1.165) is 23.1 Å².